The molecule has 0 saturated carbocycles. The van der Waals surface area contributed by atoms with Crippen LogP contribution < -0.4 is 15.6 Å². The van der Waals surface area contributed by atoms with Crippen LogP contribution in [0.25, 0.3) is 11.1 Å². The second-order valence-corrected chi connectivity index (χ2v) is 8.42. The van der Waals surface area contributed by atoms with Crippen molar-refractivity contribution in [3.05, 3.63) is 75.2 Å². The van der Waals surface area contributed by atoms with Crippen LogP contribution in [-0.2, 0) is 27.5 Å². The van der Waals surface area contributed by atoms with Crippen molar-refractivity contribution in [2.45, 2.75) is 17.4 Å². The van der Waals surface area contributed by atoms with Gasteiger partial charge in [-0.25, -0.2) is 14.4 Å². The lowest BCUT2D eigenvalue weighted by atomic mass is 10.0. The molecular weight excluding hydrogens is 498 g/mol. The number of methoxy groups -OCH3 is 1. The van der Waals surface area contributed by atoms with E-state index in [1.54, 1.807) is 30.3 Å². The Hall–Kier alpha value is -3.38. The first-order valence-electron chi connectivity index (χ1n) is 10.1. The number of carboxylic acid groups (broad SMARTS) is 1. The molecule has 0 saturated heterocycles. The summed E-state index contributed by atoms with van der Waals surface area (Å²) in [5, 5.41) is 16.2. The maximum atomic E-state index is 12.7. The molecule has 0 fully saturated rings. The van der Waals surface area contributed by atoms with Crippen LogP contribution in [0.4, 0.5) is 0 Å². The molecule has 0 aliphatic carbocycles. The summed E-state index contributed by atoms with van der Waals surface area (Å²) in [6.45, 7) is 0. The number of carbonyl (C=O) groups is 2. The molecule has 184 valence electrons. The summed E-state index contributed by atoms with van der Waals surface area (Å²) in [5.74, 6) is -1.51. The number of aryl methyl sites for hydroxylation is 1. The SMILES string of the molecule is COOSc1ccc(C(=O)N[C@@H](Cc2ccc(-c3c(OC)cnn(C)c3=O)cc2)C(=O)O)c(Cl)c1. The van der Waals surface area contributed by atoms with Crippen LogP contribution in [0.1, 0.15) is 15.9 Å². The second kappa shape index (κ2) is 11.8. The molecule has 0 unspecified atom stereocenters. The molecule has 2 N–H and O–H groups in total. The highest BCUT2D eigenvalue weighted by atomic mass is 35.5. The Labute approximate surface area is 209 Å². The number of rotatable bonds is 10. The van der Waals surface area contributed by atoms with Crippen molar-refractivity contribution in [3.63, 3.8) is 0 Å². The summed E-state index contributed by atoms with van der Waals surface area (Å²) in [7, 11) is 4.33. The van der Waals surface area contributed by atoms with E-state index in [-0.39, 0.29) is 22.6 Å². The summed E-state index contributed by atoms with van der Waals surface area (Å²) in [4.78, 5) is 42.2. The number of carboxylic acids is 1. The van der Waals surface area contributed by atoms with Gasteiger partial charge in [0, 0.05) is 18.4 Å². The normalized spacial score (nSPS) is 11.7. The van der Waals surface area contributed by atoms with E-state index in [0.29, 0.717) is 27.3 Å². The van der Waals surface area contributed by atoms with Crippen molar-refractivity contribution in [1.82, 2.24) is 15.1 Å². The van der Waals surface area contributed by atoms with Crippen LogP contribution in [0.2, 0.25) is 5.02 Å². The number of aliphatic carboxylic acids is 1. The number of nitrogens with one attached hydrogen (secondary N) is 1. The minimum atomic E-state index is -1.21. The predicted octanol–water partition coefficient (Wildman–Crippen LogP) is 3.12. The molecule has 1 amide bonds. The van der Waals surface area contributed by atoms with E-state index in [0.717, 1.165) is 12.0 Å². The van der Waals surface area contributed by atoms with Gasteiger partial charge in [0.1, 0.15) is 6.04 Å². The van der Waals surface area contributed by atoms with Crippen molar-refractivity contribution in [2.24, 2.45) is 7.05 Å². The molecule has 0 radical (unpaired) electrons. The number of benzene rings is 2. The Bertz CT molecular complexity index is 1280. The molecule has 3 aromatic rings. The highest BCUT2D eigenvalue weighted by Crippen LogP contribution is 2.27. The van der Waals surface area contributed by atoms with Crippen molar-refractivity contribution in [2.75, 3.05) is 14.2 Å². The van der Waals surface area contributed by atoms with Crippen LogP contribution in [0.15, 0.2) is 58.4 Å². The summed E-state index contributed by atoms with van der Waals surface area (Å²) in [6, 6.07) is 10.1. The average molecular weight is 520 g/mol. The summed E-state index contributed by atoms with van der Waals surface area (Å²) < 4.78 is 11.2. The zero-order valence-electron chi connectivity index (χ0n) is 19.0. The smallest absolute Gasteiger partial charge is 0.326 e. The number of hydrogen-bond acceptors (Lipinski definition) is 8. The average Bonchev–Trinajstić information content (AvgIpc) is 2.84. The largest absolute Gasteiger partial charge is 0.494 e. The first kappa shape index (κ1) is 26.2. The molecule has 0 aliphatic heterocycles. The van der Waals surface area contributed by atoms with Gasteiger partial charge in [0.25, 0.3) is 11.5 Å². The Kier molecular flexibility index (Phi) is 8.88. The van der Waals surface area contributed by atoms with Crippen molar-refractivity contribution < 1.29 is 28.7 Å². The fourth-order valence-electron chi connectivity index (χ4n) is 3.23. The number of ether oxygens (including phenoxy) is 1. The zero-order chi connectivity index (χ0) is 25.5. The number of amides is 1. The minimum Gasteiger partial charge on any atom is -0.494 e. The maximum absolute atomic E-state index is 12.7. The third kappa shape index (κ3) is 6.40. The highest BCUT2D eigenvalue weighted by Gasteiger charge is 2.23. The molecule has 12 heteroatoms. The van der Waals surface area contributed by atoms with Gasteiger partial charge in [0.05, 0.1) is 48.6 Å². The van der Waals surface area contributed by atoms with Crippen LogP contribution in [-0.4, -0.2) is 47.0 Å². The van der Waals surface area contributed by atoms with E-state index in [9.17, 15) is 19.5 Å². The Morgan fingerprint density at radius 1 is 1.20 bits per heavy atom. The Morgan fingerprint density at radius 2 is 1.91 bits per heavy atom. The Morgan fingerprint density at radius 3 is 2.51 bits per heavy atom. The Balaban J connectivity index is 1.76. The third-order valence-electron chi connectivity index (χ3n) is 4.99. The van der Waals surface area contributed by atoms with Crippen LogP contribution in [0, 0.1) is 0 Å². The number of halogens is 1. The molecule has 0 spiro atoms. The van der Waals surface area contributed by atoms with Crippen LogP contribution >= 0.6 is 23.6 Å². The first-order valence-corrected chi connectivity index (χ1v) is 11.3. The third-order valence-corrected chi connectivity index (χ3v) is 5.95. The quantitative estimate of drug-likeness (QED) is 0.236. The van der Waals surface area contributed by atoms with Gasteiger partial charge in [-0.15, -0.1) is 0 Å². The summed E-state index contributed by atoms with van der Waals surface area (Å²) >= 11 is 7.10. The van der Waals surface area contributed by atoms with Gasteiger partial charge < -0.3 is 15.2 Å². The van der Waals surface area contributed by atoms with E-state index in [4.69, 9.17) is 20.7 Å². The highest BCUT2D eigenvalue weighted by molar-refractivity contribution is 7.94. The minimum absolute atomic E-state index is 0.0140. The number of hydrogen-bond donors (Lipinski definition) is 2. The van der Waals surface area contributed by atoms with Gasteiger partial charge in [-0.2, -0.15) is 9.43 Å². The van der Waals surface area contributed by atoms with Gasteiger partial charge in [-0.05, 0) is 29.3 Å². The van der Waals surface area contributed by atoms with E-state index >= 15 is 0 Å². The molecule has 1 aromatic heterocycles. The first-order chi connectivity index (χ1) is 16.7. The molecule has 2 aromatic carbocycles. The molecule has 0 aliphatic rings. The predicted molar refractivity (Wildman–Crippen MR) is 129 cm³/mol. The maximum Gasteiger partial charge on any atom is 0.326 e. The van der Waals surface area contributed by atoms with E-state index in [2.05, 4.69) is 15.3 Å². The van der Waals surface area contributed by atoms with Crippen molar-refractivity contribution >= 4 is 35.5 Å². The topological polar surface area (TPSA) is 129 Å². The van der Waals surface area contributed by atoms with E-state index < -0.39 is 17.9 Å². The second-order valence-electron chi connectivity index (χ2n) is 7.24. The van der Waals surface area contributed by atoms with Gasteiger partial charge in [-0.3, -0.25) is 9.59 Å². The van der Waals surface area contributed by atoms with Gasteiger partial charge in [0.15, 0.2) is 5.75 Å². The van der Waals surface area contributed by atoms with E-state index in [1.807, 2.05) is 0 Å². The summed E-state index contributed by atoms with van der Waals surface area (Å²) in [6.07, 6.45) is 1.46. The zero-order valence-corrected chi connectivity index (χ0v) is 20.6. The number of carbonyl (C=O) groups excluding carboxylic acids is 1. The fourth-order valence-corrected chi connectivity index (χ4v) is 4.00. The lowest BCUT2D eigenvalue weighted by Gasteiger charge is -2.16. The van der Waals surface area contributed by atoms with Gasteiger partial charge in [0.2, 0.25) is 0 Å². The molecule has 1 atom stereocenters. The van der Waals surface area contributed by atoms with E-state index in [1.165, 1.54) is 44.3 Å². The fraction of sp³-hybridized carbons (Fsp3) is 0.217. The number of aromatic nitrogens is 2. The van der Waals surface area contributed by atoms with Crippen molar-refractivity contribution in [1.29, 1.82) is 0 Å². The monoisotopic (exact) mass is 519 g/mol. The van der Waals surface area contributed by atoms with Crippen molar-refractivity contribution in [3.8, 4) is 16.9 Å². The van der Waals surface area contributed by atoms with Crippen LogP contribution in [0.5, 0.6) is 5.75 Å². The lowest BCUT2D eigenvalue weighted by Crippen LogP contribution is -2.42. The molecule has 1 heterocycles. The van der Waals surface area contributed by atoms with Crippen LogP contribution in [0.3, 0.4) is 0 Å². The molecular formula is C23H22ClN3O7S. The molecule has 0 bridgehead atoms. The van der Waals surface area contributed by atoms with Gasteiger partial charge in [-0.1, -0.05) is 35.9 Å². The molecule has 10 nitrogen and oxygen atoms in total. The molecule has 35 heavy (non-hydrogen) atoms. The van der Waals surface area contributed by atoms with Gasteiger partial charge >= 0.3 is 5.97 Å². The lowest BCUT2D eigenvalue weighted by molar-refractivity contribution is -0.160. The molecule has 3 rings (SSSR count). The standard InChI is InChI=1S/C23H22ClN3O7S/c1-27-22(29)20(19(32-2)12-25-27)14-6-4-13(5-7-14)10-18(23(30)31)26-21(28)16-9-8-15(11-17(16)24)35-34-33-3/h4-9,11-12,18H,10H2,1-3H3,(H,26,28)(H,30,31)/t18-/m0/s1. The summed E-state index contributed by atoms with van der Waals surface area (Å²) in [5.41, 5.74) is 1.36. The number of nitrogens with zero attached hydrogens (tertiary/aromatic N) is 2.